The van der Waals surface area contributed by atoms with Crippen molar-refractivity contribution >= 4 is 46.2 Å². The van der Waals surface area contributed by atoms with Gasteiger partial charge in [0.15, 0.2) is 0 Å². The predicted octanol–water partition coefficient (Wildman–Crippen LogP) is 3.49. The Balaban J connectivity index is 2.06. The van der Waals surface area contributed by atoms with E-state index in [2.05, 4.69) is 15.2 Å². The van der Waals surface area contributed by atoms with Gasteiger partial charge in [0.05, 0.1) is 20.1 Å². The summed E-state index contributed by atoms with van der Waals surface area (Å²) in [6.07, 6.45) is 3.16. The first kappa shape index (κ1) is 17.2. The van der Waals surface area contributed by atoms with Crippen LogP contribution in [0.3, 0.4) is 0 Å². The summed E-state index contributed by atoms with van der Waals surface area (Å²) in [7, 11) is 0. The first-order chi connectivity index (χ1) is 11.5. The summed E-state index contributed by atoms with van der Waals surface area (Å²) in [4.78, 5) is 4.49. The van der Waals surface area contributed by atoms with Crippen LogP contribution in [0.1, 0.15) is 34.7 Å². The van der Waals surface area contributed by atoms with Gasteiger partial charge in [0.25, 0.3) is 0 Å². The van der Waals surface area contributed by atoms with Crippen LogP contribution >= 0.6 is 34.5 Å². The van der Waals surface area contributed by atoms with Gasteiger partial charge in [-0.25, -0.2) is 5.48 Å². The maximum Gasteiger partial charge on any atom is 0.237 e. The summed E-state index contributed by atoms with van der Waals surface area (Å²) in [6.45, 7) is 2.00. The van der Waals surface area contributed by atoms with Crippen molar-refractivity contribution in [2.75, 3.05) is 0 Å². The fourth-order valence-electron chi connectivity index (χ4n) is 2.88. The highest BCUT2D eigenvalue weighted by atomic mass is 35.5. The Bertz CT molecular complexity index is 833. The van der Waals surface area contributed by atoms with Crippen molar-refractivity contribution < 1.29 is 5.21 Å². The lowest BCUT2D eigenvalue weighted by Crippen LogP contribution is -2.28. The number of nitrogens with zero attached hydrogens (tertiary/aromatic N) is 3. The molecule has 0 radical (unpaired) electrons. The van der Waals surface area contributed by atoms with Gasteiger partial charge in [0.1, 0.15) is 0 Å². The molecule has 0 spiro atoms. The summed E-state index contributed by atoms with van der Waals surface area (Å²) >= 11 is 13.8. The molecule has 0 saturated carbocycles. The number of halogens is 2. The number of aryl methyl sites for hydroxylation is 1. The first-order valence-electron chi connectivity index (χ1n) is 7.19. The molecule has 1 aliphatic rings. The third kappa shape index (κ3) is 3.39. The Morgan fingerprint density at radius 1 is 1.46 bits per heavy atom. The van der Waals surface area contributed by atoms with Crippen molar-refractivity contribution in [2.45, 2.75) is 25.7 Å². The molecule has 0 saturated heterocycles. The minimum absolute atomic E-state index is 0.111. The molecular formula is C15H15Cl2N5OS. The molecule has 2 heterocycles. The van der Waals surface area contributed by atoms with Gasteiger partial charge in [-0.15, -0.1) is 16.4 Å². The number of rotatable bonds is 2. The van der Waals surface area contributed by atoms with Crippen LogP contribution in [0.25, 0.3) is 0 Å². The molecule has 1 atom stereocenters. The SMILES string of the molecule is Cc1ccnc2c1C(=NN=C(N)NO)CC(c1cc(Cl)sc1Cl)C2. The van der Waals surface area contributed by atoms with Crippen LogP contribution in [0.4, 0.5) is 0 Å². The van der Waals surface area contributed by atoms with E-state index in [1.165, 1.54) is 11.3 Å². The number of nitrogens with two attached hydrogens (primary N) is 1. The van der Waals surface area contributed by atoms with Crippen LogP contribution < -0.4 is 11.2 Å². The van der Waals surface area contributed by atoms with Crippen molar-refractivity contribution in [3.05, 3.63) is 49.4 Å². The smallest absolute Gasteiger partial charge is 0.237 e. The summed E-state index contributed by atoms with van der Waals surface area (Å²) < 4.78 is 1.34. The van der Waals surface area contributed by atoms with Crippen molar-refractivity contribution in [3.8, 4) is 0 Å². The third-order valence-electron chi connectivity index (χ3n) is 3.92. The lowest BCUT2D eigenvalue weighted by Gasteiger charge is -2.25. The second-order valence-electron chi connectivity index (χ2n) is 5.48. The van der Waals surface area contributed by atoms with Crippen LogP contribution in [-0.4, -0.2) is 21.9 Å². The Kier molecular flexibility index (Phi) is 5.05. The number of hydrogen-bond donors (Lipinski definition) is 3. The topological polar surface area (TPSA) is 95.9 Å². The van der Waals surface area contributed by atoms with E-state index in [9.17, 15) is 0 Å². The van der Waals surface area contributed by atoms with Crippen LogP contribution in [0.2, 0.25) is 8.67 Å². The maximum atomic E-state index is 8.77. The van der Waals surface area contributed by atoms with Gasteiger partial charge < -0.3 is 5.73 Å². The molecule has 0 bridgehead atoms. The number of aromatic nitrogens is 1. The number of nitrogens with one attached hydrogen (secondary N) is 1. The minimum Gasteiger partial charge on any atom is -0.367 e. The molecular weight excluding hydrogens is 369 g/mol. The number of fused-ring (bicyclic) bond motifs is 1. The molecule has 0 fully saturated rings. The molecule has 9 heteroatoms. The lowest BCUT2D eigenvalue weighted by atomic mass is 9.81. The highest BCUT2D eigenvalue weighted by molar-refractivity contribution is 7.20. The average Bonchev–Trinajstić information content (AvgIpc) is 2.90. The largest absolute Gasteiger partial charge is 0.367 e. The van der Waals surface area contributed by atoms with Crippen LogP contribution in [-0.2, 0) is 6.42 Å². The van der Waals surface area contributed by atoms with E-state index in [4.69, 9.17) is 34.1 Å². The normalized spacial score (nSPS) is 19.4. The summed E-state index contributed by atoms with van der Waals surface area (Å²) in [5.41, 5.74) is 11.9. The van der Waals surface area contributed by atoms with E-state index in [0.717, 1.165) is 34.5 Å². The number of hydrogen-bond acceptors (Lipinski definition) is 5. The zero-order valence-corrected chi connectivity index (χ0v) is 15.1. The van der Waals surface area contributed by atoms with Crippen LogP contribution in [0.5, 0.6) is 0 Å². The molecule has 4 N–H and O–H groups in total. The van der Waals surface area contributed by atoms with Gasteiger partial charge in [-0.05, 0) is 48.9 Å². The van der Waals surface area contributed by atoms with Gasteiger partial charge in [-0.3, -0.25) is 10.2 Å². The van der Waals surface area contributed by atoms with Crippen LogP contribution in [0, 0.1) is 6.92 Å². The van der Waals surface area contributed by atoms with E-state index in [1.807, 2.05) is 19.1 Å². The van der Waals surface area contributed by atoms with Crippen molar-refractivity contribution in [2.24, 2.45) is 15.9 Å². The summed E-state index contributed by atoms with van der Waals surface area (Å²) in [6, 6.07) is 3.82. The first-order valence-corrected chi connectivity index (χ1v) is 8.76. The molecule has 3 rings (SSSR count). The second-order valence-corrected chi connectivity index (χ2v) is 7.76. The summed E-state index contributed by atoms with van der Waals surface area (Å²) in [5, 5.41) is 16.8. The van der Waals surface area contributed by atoms with E-state index < -0.39 is 0 Å². The molecule has 2 aromatic rings. The fraction of sp³-hybridized carbons (Fsp3) is 0.267. The van der Waals surface area contributed by atoms with Gasteiger partial charge in [-0.2, -0.15) is 5.10 Å². The van der Waals surface area contributed by atoms with Gasteiger partial charge in [0.2, 0.25) is 5.96 Å². The van der Waals surface area contributed by atoms with E-state index >= 15 is 0 Å². The van der Waals surface area contributed by atoms with Crippen molar-refractivity contribution in [3.63, 3.8) is 0 Å². The molecule has 1 aliphatic carbocycles. The number of hydroxylamine groups is 1. The zero-order valence-electron chi connectivity index (χ0n) is 12.8. The molecule has 1 unspecified atom stereocenters. The van der Waals surface area contributed by atoms with Gasteiger partial charge >= 0.3 is 0 Å². The molecule has 0 aliphatic heterocycles. The predicted molar refractivity (Wildman–Crippen MR) is 97.5 cm³/mol. The Hall–Kier alpha value is -1.67. The zero-order chi connectivity index (χ0) is 17.3. The Morgan fingerprint density at radius 3 is 2.92 bits per heavy atom. The molecule has 6 nitrogen and oxygen atoms in total. The van der Waals surface area contributed by atoms with Crippen molar-refractivity contribution in [1.29, 1.82) is 0 Å². The van der Waals surface area contributed by atoms with Gasteiger partial charge in [0, 0.05) is 11.8 Å². The maximum absolute atomic E-state index is 8.77. The molecule has 0 aromatic carbocycles. The lowest BCUT2D eigenvalue weighted by molar-refractivity contribution is 0.232. The van der Waals surface area contributed by atoms with E-state index in [1.54, 1.807) is 11.7 Å². The molecule has 24 heavy (non-hydrogen) atoms. The van der Waals surface area contributed by atoms with E-state index in [-0.39, 0.29) is 11.9 Å². The van der Waals surface area contributed by atoms with Crippen molar-refractivity contribution in [1.82, 2.24) is 10.5 Å². The highest BCUT2D eigenvalue weighted by Crippen LogP contribution is 2.41. The molecule has 126 valence electrons. The number of pyridine rings is 1. The second kappa shape index (κ2) is 7.06. The Morgan fingerprint density at radius 2 is 2.25 bits per heavy atom. The number of guanidine groups is 1. The van der Waals surface area contributed by atoms with Crippen LogP contribution in [0.15, 0.2) is 28.5 Å². The average molecular weight is 384 g/mol. The van der Waals surface area contributed by atoms with E-state index in [0.29, 0.717) is 15.1 Å². The quantitative estimate of drug-likeness (QED) is 0.420. The van der Waals surface area contributed by atoms with Gasteiger partial charge in [-0.1, -0.05) is 23.2 Å². The number of thiophene rings is 1. The minimum atomic E-state index is -0.177. The standard InChI is InChI=1S/C15H15Cl2N5OS/c1-7-2-3-19-10-4-8(9-6-12(16)24-14(9)17)5-11(13(7)10)20-21-15(18)22-23/h2-3,6,8,23H,4-5H2,1H3,(H3,18,21,22). The third-order valence-corrected chi connectivity index (χ3v) is 5.44. The monoisotopic (exact) mass is 383 g/mol. The molecule has 2 aromatic heterocycles. The molecule has 0 amide bonds. The summed E-state index contributed by atoms with van der Waals surface area (Å²) in [5.74, 6) is -0.0652. The fourth-order valence-corrected chi connectivity index (χ4v) is 4.51. The highest BCUT2D eigenvalue weighted by Gasteiger charge is 2.29. The Labute approximate surface area is 153 Å².